The van der Waals surface area contributed by atoms with Crippen molar-refractivity contribution in [3.63, 3.8) is 0 Å². The molecule has 0 amide bonds. The first kappa shape index (κ1) is 14.0. The summed E-state index contributed by atoms with van der Waals surface area (Å²) in [4.78, 5) is 0. The van der Waals surface area contributed by atoms with Crippen molar-refractivity contribution in [3.05, 3.63) is 61.5 Å². The van der Waals surface area contributed by atoms with E-state index in [0.717, 1.165) is 10.0 Å². The minimum absolute atomic E-state index is 0.355. The highest BCUT2D eigenvalue weighted by molar-refractivity contribution is 9.10. The van der Waals surface area contributed by atoms with Gasteiger partial charge >= 0.3 is 0 Å². The van der Waals surface area contributed by atoms with E-state index in [1.807, 2.05) is 18.2 Å². The number of rotatable bonds is 3. The van der Waals surface area contributed by atoms with Gasteiger partial charge in [-0.15, -0.1) is 0 Å². The summed E-state index contributed by atoms with van der Waals surface area (Å²) in [6, 6.07) is 10.7. The Morgan fingerprint density at radius 2 is 1.72 bits per heavy atom. The molecule has 0 aliphatic carbocycles. The maximum Gasteiger partial charge on any atom is 0.138 e. The molecule has 94 valence electrons. The van der Waals surface area contributed by atoms with Crippen molar-refractivity contribution in [1.29, 1.82) is 0 Å². The van der Waals surface area contributed by atoms with Gasteiger partial charge in [0.25, 0.3) is 0 Å². The van der Waals surface area contributed by atoms with Crippen LogP contribution >= 0.6 is 50.7 Å². The predicted octanol–water partition coefficient (Wildman–Crippen LogP) is 5.99. The summed E-state index contributed by atoms with van der Waals surface area (Å²) in [5.41, 5.74) is 0.894. The molecule has 0 saturated carbocycles. The molecule has 0 N–H and O–H groups in total. The molecule has 0 aliphatic rings. The molecule has 0 atom stereocenters. The van der Waals surface area contributed by atoms with Gasteiger partial charge in [-0.2, -0.15) is 0 Å². The summed E-state index contributed by atoms with van der Waals surface area (Å²) >= 11 is 21.3. The lowest BCUT2D eigenvalue weighted by Crippen LogP contribution is -1.96. The van der Waals surface area contributed by atoms with E-state index in [-0.39, 0.29) is 0 Å². The third kappa shape index (κ3) is 3.55. The molecule has 0 aromatic heterocycles. The first-order valence-electron chi connectivity index (χ1n) is 5.08. The van der Waals surface area contributed by atoms with E-state index in [0.29, 0.717) is 27.4 Å². The Kier molecular flexibility index (Phi) is 4.79. The van der Waals surface area contributed by atoms with Crippen LogP contribution in [0.4, 0.5) is 0 Å². The molecule has 0 heterocycles. The van der Waals surface area contributed by atoms with Crippen molar-refractivity contribution < 1.29 is 4.74 Å². The zero-order valence-corrected chi connectivity index (χ0v) is 12.9. The topological polar surface area (TPSA) is 9.23 Å². The van der Waals surface area contributed by atoms with Crippen molar-refractivity contribution in [2.45, 2.75) is 6.61 Å². The maximum atomic E-state index is 6.10. The van der Waals surface area contributed by atoms with Gasteiger partial charge in [0.2, 0.25) is 0 Å². The first-order chi connectivity index (χ1) is 8.56. The van der Waals surface area contributed by atoms with Gasteiger partial charge < -0.3 is 4.74 Å². The molecular formula is C13H8BrCl3O. The van der Waals surface area contributed by atoms with Gasteiger partial charge in [0.05, 0.1) is 5.02 Å². The number of benzene rings is 2. The van der Waals surface area contributed by atoms with Crippen molar-refractivity contribution >= 4 is 50.7 Å². The second-order valence-electron chi connectivity index (χ2n) is 3.60. The Morgan fingerprint density at radius 3 is 2.39 bits per heavy atom. The molecule has 2 rings (SSSR count). The van der Waals surface area contributed by atoms with Crippen LogP contribution in [-0.2, 0) is 6.61 Å². The van der Waals surface area contributed by atoms with Gasteiger partial charge in [-0.3, -0.25) is 0 Å². The highest BCUT2D eigenvalue weighted by Crippen LogP contribution is 2.29. The van der Waals surface area contributed by atoms with Crippen LogP contribution in [0.1, 0.15) is 5.56 Å². The number of ether oxygens (including phenoxy) is 1. The van der Waals surface area contributed by atoms with Crippen LogP contribution in [0.5, 0.6) is 5.75 Å². The van der Waals surface area contributed by atoms with Crippen LogP contribution in [0.25, 0.3) is 0 Å². The molecular weight excluding hydrogens is 358 g/mol. The van der Waals surface area contributed by atoms with Gasteiger partial charge in [-0.05, 0) is 30.3 Å². The highest BCUT2D eigenvalue weighted by Gasteiger charge is 2.05. The summed E-state index contributed by atoms with van der Waals surface area (Å²) in [5.74, 6) is 0.583. The molecule has 0 fully saturated rings. The van der Waals surface area contributed by atoms with E-state index >= 15 is 0 Å². The Morgan fingerprint density at radius 1 is 0.944 bits per heavy atom. The molecule has 0 aliphatic heterocycles. The fourth-order valence-electron chi connectivity index (χ4n) is 1.39. The molecule has 2 aromatic carbocycles. The summed E-state index contributed by atoms with van der Waals surface area (Å²) in [6.45, 7) is 0.355. The second-order valence-corrected chi connectivity index (χ2v) is 5.77. The average Bonchev–Trinajstić information content (AvgIpc) is 2.30. The van der Waals surface area contributed by atoms with E-state index in [4.69, 9.17) is 39.5 Å². The fourth-order valence-corrected chi connectivity index (χ4v) is 2.58. The molecule has 18 heavy (non-hydrogen) atoms. The Hall–Kier alpha value is -0.410. The normalized spacial score (nSPS) is 10.4. The van der Waals surface area contributed by atoms with E-state index in [1.165, 1.54) is 0 Å². The van der Waals surface area contributed by atoms with E-state index in [1.54, 1.807) is 18.2 Å². The van der Waals surface area contributed by atoms with Crippen LogP contribution in [0.3, 0.4) is 0 Å². The van der Waals surface area contributed by atoms with E-state index < -0.39 is 0 Å². The summed E-state index contributed by atoms with van der Waals surface area (Å²) in [5, 5.41) is 1.71. The minimum atomic E-state index is 0.355. The summed E-state index contributed by atoms with van der Waals surface area (Å²) < 4.78 is 6.54. The monoisotopic (exact) mass is 364 g/mol. The van der Waals surface area contributed by atoms with Crippen LogP contribution in [0.15, 0.2) is 40.9 Å². The molecule has 0 unspecified atom stereocenters. The SMILES string of the molecule is Clc1ccc(OCc2ccc(Br)cc2Cl)c(Cl)c1. The number of hydrogen-bond acceptors (Lipinski definition) is 1. The van der Waals surface area contributed by atoms with Gasteiger partial charge in [0, 0.05) is 20.1 Å². The molecule has 0 bridgehead atoms. The minimum Gasteiger partial charge on any atom is -0.487 e. The average molecular weight is 366 g/mol. The number of hydrogen-bond donors (Lipinski definition) is 0. The van der Waals surface area contributed by atoms with Gasteiger partial charge in [0.15, 0.2) is 0 Å². The Labute approximate surface area is 129 Å². The van der Waals surface area contributed by atoms with E-state index in [2.05, 4.69) is 15.9 Å². The lowest BCUT2D eigenvalue weighted by Gasteiger charge is -2.09. The first-order valence-corrected chi connectivity index (χ1v) is 7.01. The van der Waals surface area contributed by atoms with Crippen molar-refractivity contribution in [3.8, 4) is 5.75 Å². The van der Waals surface area contributed by atoms with Crippen molar-refractivity contribution in [2.24, 2.45) is 0 Å². The molecule has 2 aromatic rings. The van der Waals surface area contributed by atoms with Gasteiger partial charge in [0.1, 0.15) is 12.4 Å². The largest absolute Gasteiger partial charge is 0.487 e. The predicted molar refractivity (Wildman–Crippen MR) is 79.9 cm³/mol. The van der Waals surface area contributed by atoms with Crippen molar-refractivity contribution in [2.75, 3.05) is 0 Å². The molecule has 0 saturated heterocycles. The van der Waals surface area contributed by atoms with Gasteiger partial charge in [-0.1, -0.05) is 56.8 Å². The summed E-state index contributed by atoms with van der Waals surface area (Å²) in [7, 11) is 0. The van der Waals surface area contributed by atoms with Crippen LogP contribution in [0.2, 0.25) is 15.1 Å². The third-order valence-electron chi connectivity index (χ3n) is 2.29. The summed E-state index contributed by atoms with van der Waals surface area (Å²) in [6.07, 6.45) is 0. The van der Waals surface area contributed by atoms with Gasteiger partial charge in [-0.25, -0.2) is 0 Å². The second kappa shape index (κ2) is 6.16. The van der Waals surface area contributed by atoms with Crippen LogP contribution in [-0.4, -0.2) is 0 Å². The maximum absolute atomic E-state index is 6.10. The lowest BCUT2D eigenvalue weighted by molar-refractivity contribution is 0.306. The Bertz CT molecular complexity index is 521. The lowest BCUT2D eigenvalue weighted by atomic mass is 10.2. The quantitative estimate of drug-likeness (QED) is 0.648. The zero-order valence-electron chi connectivity index (χ0n) is 9.09. The fraction of sp³-hybridized carbons (Fsp3) is 0.0769. The molecule has 0 radical (unpaired) electrons. The zero-order chi connectivity index (χ0) is 13.1. The molecule has 5 heteroatoms. The Balaban J connectivity index is 2.11. The van der Waals surface area contributed by atoms with E-state index in [9.17, 15) is 0 Å². The smallest absolute Gasteiger partial charge is 0.138 e. The highest BCUT2D eigenvalue weighted by atomic mass is 79.9. The number of halogens is 4. The molecule has 0 spiro atoms. The standard InChI is InChI=1S/C13H8BrCl3O/c14-9-2-1-8(11(16)5-9)7-18-13-4-3-10(15)6-12(13)17/h1-6H,7H2. The van der Waals surface area contributed by atoms with Crippen molar-refractivity contribution in [1.82, 2.24) is 0 Å². The molecule has 1 nitrogen and oxygen atoms in total. The third-order valence-corrected chi connectivity index (χ3v) is 3.67. The van der Waals surface area contributed by atoms with Crippen LogP contribution < -0.4 is 4.74 Å². The van der Waals surface area contributed by atoms with Crippen LogP contribution in [0, 0.1) is 0 Å².